The Labute approximate surface area is 186 Å². The van der Waals surface area contributed by atoms with Crippen molar-refractivity contribution in [3.8, 4) is 11.5 Å². The molecule has 2 aliphatic rings. The van der Waals surface area contributed by atoms with E-state index in [-0.39, 0.29) is 25.4 Å². The predicted octanol–water partition coefficient (Wildman–Crippen LogP) is 6.43. The number of fused-ring (bicyclic) bond motifs is 1. The maximum absolute atomic E-state index is 13.4. The molecule has 1 aliphatic carbocycles. The number of halogens is 6. The second-order valence-electron chi connectivity index (χ2n) is 8.21. The van der Waals surface area contributed by atoms with Crippen LogP contribution in [0.5, 0.6) is 11.5 Å². The van der Waals surface area contributed by atoms with Crippen molar-refractivity contribution in [2.45, 2.75) is 57.0 Å². The van der Waals surface area contributed by atoms with E-state index in [0.29, 0.717) is 42.0 Å². The van der Waals surface area contributed by atoms with Crippen LogP contribution in [0.2, 0.25) is 0 Å². The second-order valence-corrected chi connectivity index (χ2v) is 8.21. The maximum atomic E-state index is 13.4. The average Bonchev–Trinajstić information content (AvgIpc) is 3.24. The number of hydrogen-bond acceptors (Lipinski definition) is 3. The van der Waals surface area contributed by atoms with Crippen LogP contribution in [0.15, 0.2) is 36.4 Å². The first-order valence-corrected chi connectivity index (χ1v) is 10.5. The molecule has 0 spiro atoms. The van der Waals surface area contributed by atoms with Crippen LogP contribution in [0.25, 0.3) is 0 Å². The number of carbonyl (C=O) groups is 1. The molecule has 1 saturated carbocycles. The van der Waals surface area contributed by atoms with Crippen LogP contribution in [-0.2, 0) is 18.9 Å². The zero-order chi connectivity index (χ0) is 23.8. The smallest absolute Gasteiger partial charge is 0.416 e. The van der Waals surface area contributed by atoms with Gasteiger partial charge in [-0.15, -0.1) is 0 Å². The van der Waals surface area contributed by atoms with E-state index in [1.165, 1.54) is 4.90 Å². The molecule has 2 aromatic rings. The standard InChI is InChI=1S/C23H21F6NO3/c24-22(25,26)16-9-15(10-17(11-16)23(27,28)29)21(31)30(18-4-2-1-3-5-18)12-14-6-7-19-20(8-14)33-13-32-19/h6-11,18H,1-5,12-13H2. The van der Waals surface area contributed by atoms with Crippen LogP contribution < -0.4 is 9.47 Å². The van der Waals surface area contributed by atoms with Gasteiger partial charge in [-0.05, 0) is 48.7 Å². The fourth-order valence-corrected chi connectivity index (χ4v) is 4.24. The molecule has 0 N–H and O–H groups in total. The third-order valence-corrected chi connectivity index (χ3v) is 5.90. The van der Waals surface area contributed by atoms with E-state index < -0.39 is 35.0 Å². The van der Waals surface area contributed by atoms with Gasteiger partial charge in [0.2, 0.25) is 6.79 Å². The van der Waals surface area contributed by atoms with Gasteiger partial charge in [-0.25, -0.2) is 0 Å². The van der Waals surface area contributed by atoms with E-state index in [1.54, 1.807) is 18.2 Å². The van der Waals surface area contributed by atoms with E-state index in [9.17, 15) is 31.1 Å². The molecule has 4 rings (SSSR count). The maximum Gasteiger partial charge on any atom is 0.416 e. The Bertz CT molecular complexity index is 996. The van der Waals surface area contributed by atoms with Gasteiger partial charge in [-0.1, -0.05) is 25.3 Å². The van der Waals surface area contributed by atoms with E-state index in [2.05, 4.69) is 0 Å². The minimum absolute atomic E-state index is 0.0255. The summed E-state index contributed by atoms with van der Waals surface area (Å²) >= 11 is 0. The van der Waals surface area contributed by atoms with Gasteiger partial charge in [-0.3, -0.25) is 4.79 Å². The summed E-state index contributed by atoms with van der Waals surface area (Å²) in [5.74, 6) is 0.139. The molecule has 0 aromatic heterocycles. The summed E-state index contributed by atoms with van der Waals surface area (Å²) in [4.78, 5) is 14.8. The normalized spacial score (nSPS) is 16.7. The number of carbonyl (C=O) groups excluding carboxylic acids is 1. The summed E-state index contributed by atoms with van der Waals surface area (Å²) in [6, 6.07) is 5.75. The van der Waals surface area contributed by atoms with Crippen LogP contribution in [0, 0.1) is 0 Å². The van der Waals surface area contributed by atoms with Crippen LogP contribution in [0.3, 0.4) is 0 Å². The number of alkyl halides is 6. The highest BCUT2D eigenvalue weighted by Crippen LogP contribution is 2.38. The van der Waals surface area contributed by atoms with Gasteiger partial charge in [0.1, 0.15) is 0 Å². The zero-order valence-corrected chi connectivity index (χ0v) is 17.4. The Morgan fingerprint density at radius 3 is 2.06 bits per heavy atom. The Kier molecular flexibility index (Phi) is 6.20. The first-order valence-electron chi connectivity index (χ1n) is 10.5. The van der Waals surface area contributed by atoms with Gasteiger partial charge in [0.15, 0.2) is 11.5 Å². The quantitative estimate of drug-likeness (QED) is 0.481. The molecule has 1 fully saturated rings. The van der Waals surface area contributed by atoms with Crippen LogP contribution >= 0.6 is 0 Å². The van der Waals surface area contributed by atoms with Gasteiger partial charge in [0.05, 0.1) is 11.1 Å². The van der Waals surface area contributed by atoms with Crippen molar-refractivity contribution >= 4 is 5.91 Å². The number of nitrogens with zero attached hydrogens (tertiary/aromatic N) is 1. The summed E-state index contributed by atoms with van der Waals surface area (Å²) in [6.07, 6.45) is -6.18. The second kappa shape index (κ2) is 8.79. The van der Waals surface area contributed by atoms with Gasteiger partial charge < -0.3 is 14.4 Å². The third kappa shape index (κ3) is 5.20. The number of hydrogen-bond donors (Lipinski definition) is 0. The van der Waals surface area contributed by atoms with Crippen LogP contribution in [0.1, 0.15) is 59.2 Å². The summed E-state index contributed by atoms with van der Waals surface area (Å²) in [5.41, 5.74) is -3.01. The zero-order valence-electron chi connectivity index (χ0n) is 17.4. The Morgan fingerprint density at radius 1 is 0.848 bits per heavy atom. The highest BCUT2D eigenvalue weighted by atomic mass is 19.4. The van der Waals surface area contributed by atoms with Crippen molar-refractivity contribution in [3.05, 3.63) is 58.7 Å². The molecular formula is C23H21F6NO3. The van der Waals surface area contributed by atoms with Crippen molar-refractivity contribution < 1.29 is 40.6 Å². The Hall–Kier alpha value is -2.91. The fraction of sp³-hybridized carbons (Fsp3) is 0.435. The molecule has 1 heterocycles. The molecule has 2 aromatic carbocycles. The summed E-state index contributed by atoms with van der Waals surface area (Å²) < 4.78 is 90.5. The van der Waals surface area contributed by atoms with Crippen molar-refractivity contribution in [2.24, 2.45) is 0 Å². The van der Waals surface area contributed by atoms with E-state index in [1.807, 2.05) is 0 Å². The molecule has 0 saturated heterocycles. The highest BCUT2D eigenvalue weighted by Gasteiger charge is 2.38. The van der Waals surface area contributed by atoms with Crippen molar-refractivity contribution in [1.29, 1.82) is 0 Å². The van der Waals surface area contributed by atoms with Crippen LogP contribution in [-0.4, -0.2) is 23.6 Å². The van der Waals surface area contributed by atoms with Crippen molar-refractivity contribution in [2.75, 3.05) is 6.79 Å². The molecular weight excluding hydrogens is 452 g/mol. The molecule has 0 unspecified atom stereocenters. The lowest BCUT2D eigenvalue weighted by Crippen LogP contribution is -2.41. The molecule has 4 nitrogen and oxygen atoms in total. The highest BCUT2D eigenvalue weighted by molar-refractivity contribution is 5.95. The van der Waals surface area contributed by atoms with Gasteiger partial charge in [-0.2, -0.15) is 26.3 Å². The summed E-state index contributed by atoms with van der Waals surface area (Å²) in [6.45, 7) is 0.0756. The largest absolute Gasteiger partial charge is 0.454 e. The molecule has 1 aliphatic heterocycles. The number of ether oxygens (including phenoxy) is 2. The first kappa shape index (κ1) is 23.3. The first-order chi connectivity index (χ1) is 15.5. The van der Waals surface area contributed by atoms with Crippen molar-refractivity contribution in [1.82, 2.24) is 4.90 Å². The minimum Gasteiger partial charge on any atom is -0.454 e. The van der Waals surface area contributed by atoms with Crippen molar-refractivity contribution in [3.63, 3.8) is 0 Å². The lowest BCUT2D eigenvalue weighted by Gasteiger charge is -2.35. The lowest BCUT2D eigenvalue weighted by atomic mass is 9.93. The predicted molar refractivity (Wildman–Crippen MR) is 106 cm³/mol. The van der Waals surface area contributed by atoms with Gasteiger partial charge in [0, 0.05) is 18.2 Å². The molecule has 10 heteroatoms. The summed E-state index contributed by atoms with van der Waals surface area (Å²) in [7, 11) is 0. The van der Waals surface area contributed by atoms with E-state index in [0.717, 1.165) is 19.3 Å². The molecule has 1 amide bonds. The Morgan fingerprint density at radius 2 is 1.45 bits per heavy atom. The molecule has 178 valence electrons. The Balaban J connectivity index is 1.71. The van der Waals surface area contributed by atoms with Gasteiger partial charge >= 0.3 is 12.4 Å². The van der Waals surface area contributed by atoms with E-state index >= 15 is 0 Å². The number of amides is 1. The molecule has 0 bridgehead atoms. The fourth-order valence-electron chi connectivity index (χ4n) is 4.24. The minimum atomic E-state index is -5.02. The topological polar surface area (TPSA) is 38.8 Å². The SMILES string of the molecule is O=C(c1cc(C(F)(F)F)cc(C(F)(F)F)c1)N(Cc1ccc2c(c1)OCO2)C1CCCCC1. The lowest BCUT2D eigenvalue weighted by molar-refractivity contribution is -0.143. The monoisotopic (exact) mass is 473 g/mol. The molecule has 33 heavy (non-hydrogen) atoms. The summed E-state index contributed by atoms with van der Waals surface area (Å²) in [5, 5.41) is 0. The average molecular weight is 473 g/mol. The van der Waals surface area contributed by atoms with Crippen LogP contribution in [0.4, 0.5) is 26.3 Å². The molecule has 0 atom stereocenters. The third-order valence-electron chi connectivity index (χ3n) is 5.90. The number of benzene rings is 2. The molecule has 0 radical (unpaired) electrons. The number of rotatable bonds is 4. The van der Waals surface area contributed by atoms with E-state index in [4.69, 9.17) is 9.47 Å². The van der Waals surface area contributed by atoms with Gasteiger partial charge in [0.25, 0.3) is 5.91 Å².